The zero-order chi connectivity index (χ0) is 102. The number of primary amides is 1. The van der Waals surface area contributed by atoms with Gasteiger partial charge in [0.25, 0.3) is 5.91 Å². The molecule has 0 atom stereocenters. The van der Waals surface area contributed by atoms with Crippen LogP contribution in [0.2, 0.25) is 0 Å². The molecule has 0 radical (unpaired) electrons. The number of piperazine rings is 4. The van der Waals surface area contributed by atoms with Crippen LogP contribution in [0.1, 0.15) is 69.9 Å². The molecule has 6 aliphatic rings. The molecule has 11 heterocycles. The maximum absolute atomic E-state index is 13.3. The Hall–Kier alpha value is -13.4. The van der Waals surface area contributed by atoms with Gasteiger partial charge in [-0.3, -0.25) is 43.3 Å². The van der Waals surface area contributed by atoms with Crippen LogP contribution in [0.3, 0.4) is 0 Å². The number of aromatic amines is 2. The quantitative estimate of drug-likeness (QED) is 0.0152. The average molecular weight is 2020 g/mol. The summed E-state index contributed by atoms with van der Waals surface area (Å²) in [5.41, 5.74) is 15.5. The number of alkyl halides is 1. The Labute approximate surface area is 838 Å². The SMILES string of the molecule is CN1CCN(CCCl)CC1.CNC(=O)Nc1ccc2c(c1)C(=O)/C(=C/c1c(C#N)n(CCN3CCN(C)CC3)c3ccc(OC)cc13)O2.CNC(=O)Nc1ccc2c(c1)C(=O)CO2.COc1ccc2[nH]c(C#N)cc2c1.COc1ccc2[nH]c(C(N)=O)cc2c1.COc1ccc2c(c1)c(C=O)c(C#N)n2CCN1CCN(C)CC1.COc1ccc2c(c1)cc(C#N)n2CCN1CCN(C)CC1.O=P(Cl)(Cl)Cl. The van der Waals surface area contributed by atoms with Gasteiger partial charge in [-0.1, -0.05) is 0 Å². The first-order chi connectivity index (χ1) is 67.9. The second kappa shape index (κ2) is 52.2. The Bertz CT molecular complexity index is 6660. The number of urea groups is 2. The van der Waals surface area contributed by atoms with Crippen LogP contribution in [-0.4, -0.2) is 320 Å². The van der Waals surface area contributed by atoms with Crippen LogP contribution in [0.4, 0.5) is 21.0 Å². The van der Waals surface area contributed by atoms with Crippen molar-refractivity contribution in [1.29, 1.82) is 21.0 Å². The minimum Gasteiger partial charge on any atom is -0.497 e. The molecule has 141 heavy (non-hydrogen) atoms. The first-order valence-electron chi connectivity index (χ1n) is 45.4. The summed E-state index contributed by atoms with van der Waals surface area (Å²) >= 11 is 19.5. The lowest BCUT2D eigenvalue weighted by molar-refractivity contribution is 0.0958. The summed E-state index contributed by atoms with van der Waals surface area (Å²) in [7, 11) is 19.7. The summed E-state index contributed by atoms with van der Waals surface area (Å²) in [6.45, 7) is 23.4. The third-order valence-corrected chi connectivity index (χ3v) is 24.6. The van der Waals surface area contributed by atoms with Crippen LogP contribution >= 0.6 is 50.5 Å². The van der Waals surface area contributed by atoms with Gasteiger partial charge in [0.1, 0.15) is 93.0 Å². The minimum absolute atomic E-state index is 0.0643. The van der Waals surface area contributed by atoms with Crippen molar-refractivity contribution in [3.8, 4) is 64.5 Å². The number of carbonyl (C=O) groups excluding carboxylic acids is 6. The lowest BCUT2D eigenvalue weighted by Gasteiger charge is -2.32. The molecule has 0 bridgehead atoms. The van der Waals surface area contributed by atoms with Crippen LogP contribution in [0.15, 0.2) is 151 Å². The molecule has 7 aromatic carbocycles. The van der Waals surface area contributed by atoms with Crippen molar-refractivity contribution in [2.45, 2.75) is 19.6 Å². The summed E-state index contributed by atoms with van der Waals surface area (Å²) in [6.07, 6.45) is 2.41. The second-order valence-corrected chi connectivity index (χ2v) is 40.6. The maximum atomic E-state index is 13.3. The molecule has 4 fully saturated rings. The van der Waals surface area contributed by atoms with Gasteiger partial charge in [-0.2, -0.15) is 21.0 Å². The Morgan fingerprint density at radius 3 is 1.30 bits per heavy atom. The van der Waals surface area contributed by atoms with Crippen LogP contribution < -0.4 is 60.2 Å². The van der Waals surface area contributed by atoms with Gasteiger partial charge in [0, 0.05) is 236 Å². The first-order valence-corrected chi connectivity index (χ1v) is 50.3. The number of ketones is 2. The number of carbonyl (C=O) groups is 6. The van der Waals surface area contributed by atoms with Crippen molar-refractivity contribution in [1.82, 2.24) is 73.5 Å². The van der Waals surface area contributed by atoms with Crippen molar-refractivity contribution >= 4 is 158 Å². The normalized spacial score (nSPS) is 15.3. The zero-order valence-corrected chi connectivity index (χ0v) is 84.6. The number of rotatable bonds is 21. The second-order valence-electron chi connectivity index (χ2n) is 33.6. The minimum atomic E-state index is -3.22. The number of methoxy groups -OCH3 is 5. The number of ether oxygens (including phenoxy) is 7. The fourth-order valence-corrected chi connectivity index (χ4v) is 16.6. The zero-order valence-electron chi connectivity index (χ0n) is 80.6. The Balaban J connectivity index is 0.000000163. The van der Waals surface area contributed by atoms with Gasteiger partial charge >= 0.3 is 17.3 Å². The topological polar surface area (TPSA) is 426 Å². The van der Waals surface area contributed by atoms with Crippen LogP contribution in [-0.2, 0) is 24.2 Å². The number of anilines is 2. The molecule has 5 aromatic heterocycles. The largest absolute Gasteiger partial charge is 0.497 e. The number of nitriles is 4. The first kappa shape index (κ1) is 108. The highest BCUT2D eigenvalue weighted by Crippen LogP contribution is 2.61. The van der Waals surface area contributed by atoms with Gasteiger partial charge in [0.15, 0.2) is 18.7 Å². The van der Waals surface area contributed by atoms with E-state index in [0.717, 1.165) is 201 Å². The van der Waals surface area contributed by atoms with Gasteiger partial charge < -0.3 is 103 Å². The number of aromatic nitrogens is 5. The molecule has 36 nitrogen and oxygen atoms in total. The summed E-state index contributed by atoms with van der Waals surface area (Å²) in [6, 6.07) is 52.0. The molecule has 0 saturated carbocycles. The molecule has 0 spiro atoms. The van der Waals surface area contributed by atoms with Crippen LogP contribution in [0, 0.1) is 45.3 Å². The van der Waals surface area contributed by atoms with Gasteiger partial charge in [-0.25, -0.2) is 9.59 Å². The maximum Gasteiger partial charge on any atom is 0.339 e. The average Bonchev–Trinajstić information content (AvgIpc) is 1.62. The predicted molar refractivity (Wildman–Crippen MR) is 551 cm³/mol. The number of halogens is 4. The number of aldehydes is 1. The number of hydrogen-bond donors (Lipinski definition) is 7. The highest BCUT2D eigenvalue weighted by molar-refractivity contribution is 8.24. The number of nitrogens with zero attached hydrogens (tertiary/aromatic N) is 15. The number of nitrogens with two attached hydrogens (primary N) is 1. The van der Waals surface area contributed by atoms with Crippen molar-refractivity contribution < 1.29 is 66.5 Å². The molecular weight excluding hydrogens is 1910 g/mol. The fraction of sp³-hybridized carbons (Fsp3) is 0.360. The van der Waals surface area contributed by atoms with Crippen molar-refractivity contribution in [3.63, 3.8) is 0 Å². The van der Waals surface area contributed by atoms with E-state index in [1.165, 1.54) is 40.3 Å². The Kier molecular flexibility index (Phi) is 40.0. The number of H-pyrrole nitrogens is 2. The monoisotopic (exact) mass is 2020 g/mol. The van der Waals surface area contributed by atoms with Crippen molar-refractivity contribution in [3.05, 3.63) is 202 Å². The number of hydrogen-bond acceptors (Lipinski definition) is 26. The molecule has 41 heteroatoms. The number of likely N-dealkylation sites (N-methyl/N-ethyl adjacent to an activating group) is 4. The van der Waals surface area contributed by atoms with Crippen molar-refractivity contribution in [2.75, 3.05) is 232 Å². The van der Waals surface area contributed by atoms with E-state index in [1.807, 2.05) is 106 Å². The lowest BCUT2D eigenvalue weighted by atomic mass is 10.1. The molecule has 0 aliphatic carbocycles. The summed E-state index contributed by atoms with van der Waals surface area (Å²) in [4.78, 5) is 94.7. The summed E-state index contributed by atoms with van der Waals surface area (Å²) in [5, 5.41) is 49.3. The van der Waals surface area contributed by atoms with E-state index in [1.54, 1.807) is 90.2 Å². The third kappa shape index (κ3) is 29.9. The van der Waals surface area contributed by atoms with E-state index in [4.69, 9.17) is 55.8 Å². The van der Waals surface area contributed by atoms with E-state index in [-0.39, 0.29) is 36.0 Å². The molecule has 744 valence electrons. The number of nitrogens with one attached hydrogen (secondary N) is 6. The molecule has 18 rings (SSSR count). The van der Waals surface area contributed by atoms with Crippen LogP contribution in [0.25, 0.3) is 60.6 Å². The predicted octanol–water partition coefficient (Wildman–Crippen LogP) is 14.1. The molecule has 0 unspecified atom stereocenters. The number of Topliss-reactive ketones (excluding diaryl/α,β-unsaturated/α-hetero) is 2. The molecule has 6 aliphatic heterocycles. The Morgan fingerprint density at radius 2 is 0.872 bits per heavy atom. The number of fused-ring (bicyclic) bond motifs is 7. The summed E-state index contributed by atoms with van der Waals surface area (Å²) in [5.74, 6) is 4.75. The number of amides is 5. The molecule has 8 N–H and O–H groups in total. The highest BCUT2D eigenvalue weighted by atomic mass is 36.0. The van der Waals surface area contributed by atoms with E-state index in [2.05, 4.69) is 161 Å². The van der Waals surface area contributed by atoms with Gasteiger partial charge in [-0.05, 0) is 214 Å². The van der Waals surface area contributed by atoms with Crippen molar-refractivity contribution in [2.24, 2.45) is 5.73 Å². The lowest BCUT2D eigenvalue weighted by Crippen LogP contribution is -2.45. The smallest absolute Gasteiger partial charge is 0.339 e. The Morgan fingerprint density at radius 1 is 0.468 bits per heavy atom. The van der Waals surface area contributed by atoms with E-state index in [0.29, 0.717) is 92.5 Å². The van der Waals surface area contributed by atoms with Crippen LogP contribution in [0.5, 0.6) is 40.2 Å². The summed E-state index contributed by atoms with van der Waals surface area (Å²) < 4.78 is 52.7. The van der Waals surface area contributed by atoms with E-state index < -0.39 is 11.1 Å². The molecule has 5 amide bonds. The number of allylic oxidation sites excluding steroid dienone is 1. The molecule has 12 aromatic rings. The van der Waals surface area contributed by atoms with E-state index in [9.17, 15) is 49.1 Å². The van der Waals surface area contributed by atoms with Gasteiger partial charge in [0.2, 0.25) is 11.6 Å². The van der Waals surface area contributed by atoms with Gasteiger partial charge in [-0.15, -0.1) is 11.6 Å². The third-order valence-electron chi connectivity index (χ3n) is 24.5. The standard InChI is InChI=1S/C28H30N6O4.C18H22N4O2.C17H22N4O.C10H10N2O3.C10H10N2O2.C10H8N2O.C7H15ClN2.Cl3OP/c1-30-28(36)31-18-4-7-25-22(14-18)27(35)26(38-25)16-21-20-15-19(37-3)5-6-23(20)34(24(21)17-29)13-12-33-10-8-32(2)9-11-33;1-20-5-7-21(8-6-20)9-10-22-17-4-3-14(24-2)11-15(17)16(13-23)18(22)12-19;1-19-5-7-20(8-6-19)9-10-21-15(13-18)11-14-12-16(22-2)3-4-17(14)21;1-11-10(14)12-6-2-3-9-7(4-6)8(13)5-15-9;1-14-7-2-3-8-6(4-7)5-9(12-8)10(11)13;1-13-9-2-3-10-7(5-9)4-8(6-11)12-10;1-9-4-6-10(3-2-8)7-5-9;1-5(2,3)4/h4-7,14-16H,8-13H2,1-3H3,(H2,30,31,36);3-4,11,13H,5-10H2,1-2H3;3-4,11-12H,5-10H2,1-2H3;2-4H,5H2,1H3,(H2,11,12,14);2-5,12H,1H3,(H2,11,13);2-5,12H,1H3;2-7H2,1H3;/b26-16-;;;;;;;. The highest BCUT2D eigenvalue weighted by Gasteiger charge is 2.31. The molecule has 4 saturated heterocycles. The fourth-order valence-electron chi connectivity index (χ4n) is 16.4. The number of benzene rings is 7. The molecular formula is C100H117Cl4N22O14P. The van der Waals surface area contributed by atoms with E-state index >= 15 is 0 Å². The van der Waals surface area contributed by atoms with Gasteiger partial charge in [0.05, 0.1) is 57.8 Å².